The average Bonchev–Trinajstić information content (AvgIpc) is 2.29. The molecule has 1 aliphatic heterocycles. The zero-order chi connectivity index (χ0) is 11.5. The maximum Gasteiger partial charge on any atom is 0.164 e. The molecular formula is C10H20O5. The standard InChI is InChI=1S/C10H20O5/c1-9(2,3-11)8-14-6-10(4-12,5-13)7-15-8/h8,11-13H,3-7H2,1-2H3. The SMILES string of the molecule is CC(C)(CO)C1OCC(CO)(CO)CO1. The minimum atomic E-state index is -0.706. The van der Waals surface area contributed by atoms with Crippen molar-refractivity contribution in [1.29, 1.82) is 0 Å². The maximum atomic E-state index is 9.13. The fourth-order valence-electron chi connectivity index (χ4n) is 1.35. The molecule has 3 N–H and O–H groups in total. The summed E-state index contributed by atoms with van der Waals surface area (Å²) in [5.41, 5.74) is -1.18. The lowest BCUT2D eigenvalue weighted by Crippen LogP contribution is -2.51. The highest BCUT2D eigenvalue weighted by Gasteiger charge is 2.41. The first-order valence-corrected chi connectivity index (χ1v) is 5.05. The maximum absolute atomic E-state index is 9.13. The zero-order valence-electron chi connectivity index (χ0n) is 9.27. The number of hydrogen-bond donors (Lipinski definition) is 3. The molecule has 0 saturated carbocycles. The third-order valence-corrected chi connectivity index (χ3v) is 2.80. The van der Waals surface area contributed by atoms with Crippen molar-refractivity contribution in [2.75, 3.05) is 33.0 Å². The van der Waals surface area contributed by atoms with Gasteiger partial charge in [-0.15, -0.1) is 0 Å². The summed E-state index contributed by atoms with van der Waals surface area (Å²) in [4.78, 5) is 0. The first-order valence-electron chi connectivity index (χ1n) is 5.05. The van der Waals surface area contributed by atoms with Gasteiger partial charge in [0.15, 0.2) is 6.29 Å². The third kappa shape index (κ3) is 2.68. The molecule has 15 heavy (non-hydrogen) atoms. The summed E-state index contributed by atoms with van der Waals surface area (Å²) in [5, 5.41) is 27.4. The molecule has 5 heteroatoms. The molecule has 0 amide bonds. The van der Waals surface area contributed by atoms with Crippen LogP contribution in [0, 0.1) is 10.8 Å². The number of rotatable bonds is 4. The molecule has 1 heterocycles. The van der Waals surface area contributed by atoms with Crippen LogP contribution >= 0.6 is 0 Å². The molecule has 0 aliphatic carbocycles. The van der Waals surface area contributed by atoms with Gasteiger partial charge in [-0.25, -0.2) is 0 Å². The smallest absolute Gasteiger partial charge is 0.164 e. The Morgan fingerprint density at radius 2 is 1.60 bits per heavy atom. The Morgan fingerprint density at radius 3 is 1.93 bits per heavy atom. The second-order valence-electron chi connectivity index (χ2n) is 4.92. The highest BCUT2D eigenvalue weighted by atomic mass is 16.7. The van der Waals surface area contributed by atoms with Gasteiger partial charge in [0.1, 0.15) is 0 Å². The number of aliphatic hydroxyl groups is 3. The fraction of sp³-hybridized carbons (Fsp3) is 1.00. The normalized spacial score (nSPS) is 23.0. The van der Waals surface area contributed by atoms with Crippen molar-refractivity contribution in [2.45, 2.75) is 20.1 Å². The predicted molar refractivity (Wildman–Crippen MR) is 53.2 cm³/mol. The van der Waals surface area contributed by atoms with Gasteiger partial charge in [-0.1, -0.05) is 13.8 Å². The zero-order valence-corrected chi connectivity index (χ0v) is 9.27. The summed E-state index contributed by atoms with van der Waals surface area (Å²) in [6.45, 7) is 3.78. The molecule has 1 fully saturated rings. The minimum absolute atomic E-state index is 0.0388. The fourth-order valence-corrected chi connectivity index (χ4v) is 1.35. The molecule has 1 aliphatic rings. The molecule has 0 aromatic heterocycles. The molecule has 0 unspecified atom stereocenters. The first kappa shape index (κ1) is 12.9. The van der Waals surface area contributed by atoms with E-state index in [1.807, 2.05) is 13.8 Å². The van der Waals surface area contributed by atoms with Crippen LogP contribution in [0.5, 0.6) is 0 Å². The molecule has 5 nitrogen and oxygen atoms in total. The Balaban J connectivity index is 2.55. The van der Waals surface area contributed by atoms with Crippen LogP contribution < -0.4 is 0 Å². The molecule has 0 bridgehead atoms. The van der Waals surface area contributed by atoms with Crippen molar-refractivity contribution in [2.24, 2.45) is 10.8 Å². The van der Waals surface area contributed by atoms with E-state index in [0.29, 0.717) is 0 Å². The van der Waals surface area contributed by atoms with Crippen LogP contribution in [0.15, 0.2) is 0 Å². The summed E-state index contributed by atoms with van der Waals surface area (Å²) in [6, 6.07) is 0. The van der Waals surface area contributed by atoms with Gasteiger partial charge in [0, 0.05) is 5.41 Å². The Kier molecular flexibility index (Phi) is 4.08. The van der Waals surface area contributed by atoms with Crippen molar-refractivity contribution in [3.8, 4) is 0 Å². The summed E-state index contributed by atoms with van der Waals surface area (Å²) in [5.74, 6) is 0. The van der Waals surface area contributed by atoms with Gasteiger partial charge >= 0.3 is 0 Å². The molecule has 0 atom stereocenters. The van der Waals surface area contributed by atoms with E-state index in [2.05, 4.69) is 0 Å². The van der Waals surface area contributed by atoms with Crippen LogP contribution in [0.1, 0.15) is 13.8 Å². The van der Waals surface area contributed by atoms with Crippen LogP contribution in [0.3, 0.4) is 0 Å². The third-order valence-electron chi connectivity index (χ3n) is 2.80. The Morgan fingerprint density at radius 1 is 1.13 bits per heavy atom. The van der Waals surface area contributed by atoms with E-state index in [-0.39, 0.29) is 33.0 Å². The number of hydrogen-bond acceptors (Lipinski definition) is 5. The average molecular weight is 220 g/mol. The lowest BCUT2D eigenvalue weighted by Gasteiger charge is -2.42. The monoisotopic (exact) mass is 220 g/mol. The second kappa shape index (κ2) is 4.76. The molecule has 0 radical (unpaired) electrons. The topological polar surface area (TPSA) is 79.2 Å². The van der Waals surface area contributed by atoms with E-state index in [0.717, 1.165) is 0 Å². The van der Waals surface area contributed by atoms with E-state index < -0.39 is 17.1 Å². The van der Waals surface area contributed by atoms with Crippen molar-refractivity contribution >= 4 is 0 Å². The number of aliphatic hydroxyl groups excluding tert-OH is 3. The number of ether oxygens (including phenoxy) is 2. The van der Waals surface area contributed by atoms with Gasteiger partial charge in [0.25, 0.3) is 0 Å². The summed E-state index contributed by atoms with van der Waals surface area (Å²) >= 11 is 0. The first-order chi connectivity index (χ1) is 6.99. The van der Waals surface area contributed by atoms with Gasteiger partial charge in [0.2, 0.25) is 0 Å². The summed E-state index contributed by atoms with van der Waals surface area (Å²) < 4.78 is 10.9. The van der Waals surface area contributed by atoms with Crippen molar-refractivity contribution in [3.05, 3.63) is 0 Å². The Labute approximate surface area is 89.6 Å². The van der Waals surface area contributed by atoms with Crippen LogP contribution in [0.25, 0.3) is 0 Å². The molecule has 1 saturated heterocycles. The van der Waals surface area contributed by atoms with Crippen LogP contribution in [0.4, 0.5) is 0 Å². The second-order valence-corrected chi connectivity index (χ2v) is 4.92. The van der Waals surface area contributed by atoms with Gasteiger partial charge in [-0.3, -0.25) is 0 Å². The van der Waals surface area contributed by atoms with Gasteiger partial charge in [-0.05, 0) is 0 Å². The Bertz CT molecular complexity index is 190. The quantitative estimate of drug-likeness (QED) is 0.586. The largest absolute Gasteiger partial charge is 0.396 e. The van der Waals surface area contributed by atoms with E-state index >= 15 is 0 Å². The van der Waals surface area contributed by atoms with Crippen molar-refractivity contribution in [3.63, 3.8) is 0 Å². The molecule has 0 spiro atoms. The molecular weight excluding hydrogens is 200 g/mol. The van der Waals surface area contributed by atoms with Gasteiger partial charge in [-0.2, -0.15) is 0 Å². The van der Waals surface area contributed by atoms with Gasteiger partial charge < -0.3 is 24.8 Å². The van der Waals surface area contributed by atoms with Crippen LogP contribution in [-0.4, -0.2) is 54.6 Å². The molecule has 90 valence electrons. The molecule has 1 rings (SSSR count). The summed E-state index contributed by atoms with van der Waals surface area (Å²) in [6.07, 6.45) is -0.492. The van der Waals surface area contributed by atoms with E-state index in [1.54, 1.807) is 0 Å². The highest BCUT2D eigenvalue weighted by Crippen LogP contribution is 2.31. The van der Waals surface area contributed by atoms with Crippen molar-refractivity contribution < 1.29 is 24.8 Å². The highest BCUT2D eigenvalue weighted by molar-refractivity contribution is 4.83. The molecule has 0 aromatic carbocycles. The van der Waals surface area contributed by atoms with E-state index in [4.69, 9.17) is 24.8 Å². The van der Waals surface area contributed by atoms with Crippen LogP contribution in [0.2, 0.25) is 0 Å². The van der Waals surface area contributed by atoms with E-state index in [1.165, 1.54) is 0 Å². The Hall–Kier alpha value is -0.200. The lowest BCUT2D eigenvalue weighted by molar-refractivity contribution is -0.283. The van der Waals surface area contributed by atoms with Crippen molar-refractivity contribution in [1.82, 2.24) is 0 Å². The minimum Gasteiger partial charge on any atom is -0.396 e. The molecule has 0 aromatic rings. The van der Waals surface area contributed by atoms with Crippen LogP contribution in [-0.2, 0) is 9.47 Å². The van der Waals surface area contributed by atoms with Gasteiger partial charge in [0.05, 0.1) is 38.4 Å². The predicted octanol–water partition coefficient (Wildman–Crippen LogP) is -0.651. The lowest BCUT2D eigenvalue weighted by atomic mass is 9.88. The summed E-state index contributed by atoms with van der Waals surface area (Å²) in [7, 11) is 0. The van der Waals surface area contributed by atoms with E-state index in [9.17, 15) is 0 Å².